The third-order valence-electron chi connectivity index (χ3n) is 7.84. The number of nitrogens with two attached hydrogens (primary N) is 1. The van der Waals surface area contributed by atoms with Gasteiger partial charge in [0.25, 0.3) is 5.91 Å². The molecule has 0 spiro atoms. The summed E-state index contributed by atoms with van der Waals surface area (Å²) in [6.07, 6.45) is -3.14. The van der Waals surface area contributed by atoms with Crippen molar-refractivity contribution in [3.05, 3.63) is 81.8 Å². The lowest BCUT2D eigenvalue weighted by atomic mass is 9.96. The van der Waals surface area contributed by atoms with Gasteiger partial charge in [-0.05, 0) is 68.4 Å². The molecule has 2 aromatic carbocycles. The van der Waals surface area contributed by atoms with Crippen LogP contribution in [0.5, 0.6) is 0 Å². The molecule has 1 amide bonds. The first kappa shape index (κ1) is 30.7. The van der Waals surface area contributed by atoms with Crippen molar-refractivity contribution in [3.63, 3.8) is 0 Å². The number of amides is 1. The molecule has 1 aliphatic heterocycles. The van der Waals surface area contributed by atoms with Crippen LogP contribution in [0.4, 0.5) is 19.0 Å². The fraction of sp³-hybridized carbons (Fsp3) is 0.344. The molecule has 2 aromatic heterocycles. The van der Waals surface area contributed by atoms with Crippen molar-refractivity contribution >= 4 is 28.5 Å². The van der Waals surface area contributed by atoms with Crippen molar-refractivity contribution in [2.45, 2.75) is 58.4 Å². The van der Waals surface area contributed by atoms with Gasteiger partial charge in [0.2, 0.25) is 0 Å². The highest BCUT2D eigenvalue weighted by molar-refractivity contribution is 5.98. The van der Waals surface area contributed by atoms with E-state index in [2.05, 4.69) is 21.8 Å². The van der Waals surface area contributed by atoms with Crippen LogP contribution < -0.4 is 5.73 Å². The lowest BCUT2D eigenvalue weighted by Crippen LogP contribution is -2.43. The first-order valence-electron chi connectivity index (χ1n) is 14.1. The zero-order valence-electron chi connectivity index (χ0n) is 24.4. The molecule has 44 heavy (non-hydrogen) atoms. The standard InChI is InChI=1S/C32H31F3N6O3/c1-18-4-6-21(15-27(43)23-7-5-19(2)25(16-23)32(33,34)35)14-22(18)8-9-26-28-29(36)37-17-38-30(28)41(39-26)24-10-12-40(13-11-24)31(44)20(3)42/h4-7,14,16-17,20,24,42H,10-13,15H2,1-3H3,(H2,36,37,38)/t20-/m0/s1. The van der Waals surface area contributed by atoms with Gasteiger partial charge in [-0.3, -0.25) is 9.59 Å². The molecular weight excluding hydrogens is 573 g/mol. The molecule has 3 N–H and O–H groups in total. The van der Waals surface area contributed by atoms with E-state index < -0.39 is 23.6 Å². The lowest BCUT2D eigenvalue weighted by Gasteiger charge is -2.32. The largest absolute Gasteiger partial charge is 0.416 e. The van der Waals surface area contributed by atoms with Crippen molar-refractivity contribution in [2.24, 2.45) is 0 Å². The molecule has 0 saturated carbocycles. The Morgan fingerprint density at radius 1 is 1.07 bits per heavy atom. The Morgan fingerprint density at radius 2 is 1.77 bits per heavy atom. The molecule has 0 bridgehead atoms. The van der Waals surface area contributed by atoms with Gasteiger partial charge in [-0.25, -0.2) is 14.6 Å². The zero-order valence-corrected chi connectivity index (χ0v) is 24.4. The van der Waals surface area contributed by atoms with Gasteiger partial charge in [-0.2, -0.15) is 18.3 Å². The third-order valence-corrected chi connectivity index (χ3v) is 7.84. The fourth-order valence-electron chi connectivity index (χ4n) is 5.36. The van der Waals surface area contributed by atoms with Crippen molar-refractivity contribution < 1.29 is 27.9 Å². The van der Waals surface area contributed by atoms with Gasteiger partial charge >= 0.3 is 6.18 Å². The highest BCUT2D eigenvalue weighted by Gasteiger charge is 2.33. The van der Waals surface area contributed by atoms with E-state index in [1.54, 1.807) is 27.8 Å². The predicted molar refractivity (Wildman–Crippen MR) is 158 cm³/mol. The summed E-state index contributed by atoms with van der Waals surface area (Å²) < 4.78 is 41.9. The number of carbonyl (C=O) groups excluding carboxylic acids is 2. The van der Waals surface area contributed by atoms with Crippen LogP contribution in [0.1, 0.15) is 69.7 Å². The maximum atomic E-state index is 13.4. The molecule has 12 heteroatoms. The zero-order chi connectivity index (χ0) is 31.8. The van der Waals surface area contributed by atoms with Gasteiger partial charge in [-0.1, -0.05) is 30.2 Å². The Balaban J connectivity index is 1.41. The summed E-state index contributed by atoms with van der Waals surface area (Å²) in [5, 5.41) is 14.9. The highest BCUT2D eigenvalue weighted by Crippen LogP contribution is 2.33. The van der Waals surface area contributed by atoms with Gasteiger partial charge in [-0.15, -0.1) is 0 Å². The molecule has 1 aliphatic rings. The van der Waals surface area contributed by atoms with Crippen molar-refractivity contribution in [2.75, 3.05) is 18.8 Å². The summed E-state index contributed by atoms with van der Waals surface area (Å²) in [7, 11) is 0. The summed E-state index contributed by atoms with van der Waals surface area (Å²) in [4.78, 5) is 35.3. The number of alkyl halides is 3. The summed E-state index contributed by atoms with van der Waals surface area (Å²) in [6.45, 7) is 5.59. The maximum absolute atomic E-state index is 13.4. The van der Waals surface area contributed by atoms with E-state index in [0.717, 1.165) is 11.6 Å². The number of nitrogens with zero attached hydrogens (tertiary/aromatic N) is 5. The highest BCUT2D eigenvalue weighted by atomic mass is 19.4. The number of aryl methyl sites for hydroxylation is 2. The minimum absolute atomic E-state index is 0.00955. The smallest absolute Gasteiger partial charge is 0.384 e. The van der Waals surface area contributed by atoms with Crippen LogP contribution in [0.2, 0.25) is 0 Å². The van der Waals surface area contributed by atoms with Gasteiger partial charge in [0.05, 0.1) is 17.0 Å². The normalized spacial score (nSPS) is 14.8. The number of rotatable bonds is 5. The second-order valence-corrected chi connectivity index (χ2v) is 11.0. The Bertz CT molecular complexity index is 1810. The summed E-state index contributed by atoms with van der Waals surface area (Å²) in [5.41, 5.74) is 8.40. The summed E-state index contributed by atoms with van der Waals surface area (Å²) in [5.74, 6) is 5.67. The molecular formula is C32H31F3N6O3. The van der Waals surface area contributed by atoms with Crippen LogP contribution in [0, 0.1) is 25.7 Å². The van der Waals surface area contributed by atoms with E-state index in [9.17, 15) is 27.9 Å². The van der Waals surface area contributed by atoms with E-state index >= 15 is 0 Å². The fourth-order valence-corrected chi connectivity index (χ4v) is 5.36. The molecule has 228 valence electrons. The first-order chi connectivity index (χ1) is 20.8. The topological polar surface area (TPSA) is 127 Å². The van der Waals surface area contributed by atoms with Crippen LogP contribution in [0.3, 0.4) is 0 Å². The van der Waals surface area contributed by atoms with Gasteiger partial charge in [0.15, 0.2) is 11.4 Å². The molecule has 9 nitrogen and oxygen atoms in total. The molecule has 3 heterocycles. The van der Waals surface area contributed by atoms with Crippen LogP contribution in [-0.2, 0) is 17.4 Å². The molecule has 1 saturated heterocycles. The monoisotopic (exact) mass is 604 g/mol. The van der Waals surface area contributed by atoms with Crippen LogP contribution in [0.25, 0.3) is 11.0 Å². The number of ketones is 1. The average molecular weight is 605 g/mol. The molecule has 5 rings (SSSR count). The quantitative estimate of drug-likeness (QED) is 0.255. The van der Waals surface area contributed by atoms with Crippen LogP contribution in [-0.4, -0.2) is 60.6 Å². The number of aliphatic hydroxyl groups is 1. The number of anilines is 1. The number of carbonyl (C=O) groups is 2. The number of piperidine rings is 1. The van der Waals surface area contributed by atoms with Gasteiger partial charge in [0.1, 0.15) is 23.9 Å². The van der Waals surface area contributed by atoms with Gasteiger partial charge < -0.3 is 15.7 Å². The third kappa shape index (κ3) is 6.28. The summed E-state index contributed by atoms with van der Waals surface area (Å²) in [6, 6.07) is 8.84. The number of hydrogen-bond donors (Lipinski definition) is 2. The Kier molecular flexibility index (Phi) is 8.43. The van der Waals surface area contributed by atoms with Crippen molar-refractivity contribution in [1.29, 1.82) is 0 Å². The molecule has 4 aromatic rings. The van der Waals surface area contributed by atoms with Crippen LogP contribution >= 0.6 is 0 Å². The number of halogens is 3. The molecule has 0 aliphatic carbocycles. The average Bonchev–Trinajstić information content (AvgIpc) is 3.36. The Hall–Kier alpha value is -4.76. The number of Topliss-reactive ketones (excluding diaryl/α,β-unsaturated/α-hetero) is 1. The number of aromatic nitrogens is 4. The van der Waals surface area contributed by atoms with E-state index in [1.807, 2.05) is 6.92 Å². The van der Waals surface area contributed by atoms with Crippen molar-refractivity contribution in [3.8, 4) is 11.8 Å². The van der Waals surface area contributed by atoms with E-state index in [-0.39, 0.29) is 35.3 Å². The predicted octanol–water partition coefficient (Wildman–Crippen LogP) is 4.41. The number of hydrogen-bond acceptors (Lipinski definition) is 7. The second kappa shape index (κ2) is 12.1. The van der Waals surface area contributed by atoms with E-state index in [1.165, 1.54) is 32.3 Å². The SMILES string of the molecule is Cc1ccc(CC(=O)c2ccc(C)c(C(F)(F)F)c2)cc1C#Cc1nn(C2CCN(C(=O)[C@H](C)O)CC2)c2ncnc(N)c12. The number of benzene rings is 2. The molecule has 0 unspecified atom stereocenters. The number of fused-ring (bicyclic) bond motifs is 1. The number of likely N-dealkylation sites (tertiary alicyclic amines) is 1. The molecule has 1 atom stereocenters. The lowest BCUT2D eigenvalue weighted by molar-refractivity contribution is -0.140. The van der Waals surface area contributed by atoms with E-state index in [4.69, 9.17) is 10.8 Å². The number of nitrogen functional groups attached to an aromatic ring is 1. The first-order valence-corrected chi connectivity index (χ1v) is 14.1. The minimum Gasteiger partial charge on any atom is -0.384 e. The minimum atomic E-state index is -4.55. The Labute approximate surface area is 251 Å². The molecule has 0 radical (unpaired) electrons. The second-order valence-electron chi connectivity index (χ2n) is 11.0. The maximum Gasteiger partial charge on any atom is 0.416 e. The Morgan fingerprint density at radius 3 is 2.45 bits per heavy atom. The molecule has 1 fully saturated rings. The van der Waals surface area contributed by atoms with Crippen LogP contribution in [0.15, 0.2) is 42.7 Å². The van der Waals surface area contributed by atoms with E-state index in [0.29, 0.717) is 53.8 Å². The number of aliphatic hydroxyl groups excluding tert-OH is 1. The van der Waals surface area contributed by atoms with Crippen molar-refractivity contribution in [1.82, 2.24) is 24.6 Å². The van der Waals surface area contributed by atoms with Gasteiger partial charge in [0, 0.05) is 30.6 Å². The summed E-state index contributed by atoms with van der Waals surface area (Å²) >= 11 is 0.